The van der Waals surface area contributed by atoms with Crippen LogP contribution in [0.25, 0.3) is 22.4 Å². The van der Waals surface area contributed by atoms with E-state index >= 15 is 0 Å². The molecular weight excluding hydrogens is 350 g/mol. The zero-order valence-corrected chi connectivity index (χ0v) is 15.0. The molecule has 0 N–H and O–H groups in total. The fourth-order valence-corrected chi connectivity index (χ4v) is 3.38. The van der Waals surface area contributed by atoms with Gasteiger partial charge in [0.15, 0.2) is 5.82 Å². The lowest BCUT2D eigenvalue weighted by Gasteiger charge is -2.05. The maximum atomic E-state index is 12.5. The summed E-state index contributed by atoms with van der Waals surface area (Å²) in [5.74, 6) is 1.98. The third kappa shape index (κ3) is 3.25. The van der Waals surface area contributed by atoms with Crippen LogP contribution in [0.4, 0.5) is 0 Å². The van der Waals surface area contributed by atoms with Gasteiger partial charge in [-0.05, 0) is 42.8 Å². The van der Waals surface area contributed by atoms with Crippen molar-refractivity contribution in [3.05, 3.63) is 63.3 Å². The summed E-state index contributed by atoms with van der Waals surface area (Å²) >= 11 is 1.29. The van der Waals surface area contributed by atoms with Gasteiger partial charge >= 0.3 is 0 Å². The number of fused-ring (bicyclic) bond motifs is 1. The quantitative estimate of drug-likeness (QED) is 0.490. The van der Waals surface area contributed by atoms with Crippen LogP contribution in [0.3, 0.4) is 0 Å². The van der Waals surface area contributed by atoms with Crippen molar-refractivity contribution >= 4 is 22.4 Å². The van der Waals surface area contributed by atoms with Crippen LogP contribution in [0.15, 0.2) is 51.9 Å². The number of thiazole rings is 1. The second-order valence-electron chi connectivity index (χ2n) is 5.79. The highest BCUT2D eigenvalue weighted by Crippen LogP contribution is 2.20. The Morgan fingerprint density at radius 3 is 2.81 bits per heavy atom. The minimum Gasteiger partial charge on any atom is -0.494 e. The molecular formula is C19H17N3O3S. The number of hydrogen-bond donors (Lipinski definition) is 0. The summed E-state index contributed by atoms with van der Waals surface area (Å²) in [7, 11) is 0. The third-order valence-electron chi connectivity index (χ3n) is 3.88. The summed E-state index contributed by atoms with van der Waals surface area (Å²) in [5.41, 5.74) is 0.652. The molecule has 3 aromatic heterocycles. The van der Waals surface area contributed by atoms with Crippen molar-refractivity contribution in [1.82, 2.24) is 14.6 Å². The Morgan fingerprint density at radius 1 is 1.27 bits per heavy atom. The number of hydrogen-bond acceptors (Lipinski definition) is 6. The van der Waals surface area contributed by atoms with Crippen molar-refractivity contribution in [2.75, 3.05) is 6.61 Å². The standard InChI is InChI=1S/C19H17N3O3S/c1-2-3-10-24-14-8-6-13(7-9-14)17-20-19-22(21-17)18(23)16(26-19)12-15-5-4-11-25-15/h4-9,11-12H,2-3,10H2,1H3/b16-12-. The third-order valence-corrected chi connectivity index (χ3v) is 4.84. The van der Waals surface area contributed by atoms with Crippen molar-refractivity contribution in [3.8, 4) is 17.1 Å². The molecule has 0 bridgehead atoms. The first kappa shape index (κ1) is 16.5. The molecule has 4 rings (SSSR count). The van der Waals surface area contributed by atoms with E-state index in [1.807, 2.05) is 24.3 Å². The van der Waals surface area contributed by atoms with E-state index < -0.39 is 0 Å². The number of aromatic nitrogens is 3. The molecule has 0 radical (unpaired) electrons. The van der Waals surface area contributed by atoms with Gasteiger partial charge in [-0.15, -0.1) is 5.10 Å². The first-order valence-electron chi connectivity index (χ1n) is 8.42. The van der Waals surface area contributed by atoms with Crippen LogP contribution < -0.4 is 14.8 Å². The van der Waals surface area contributed by atoms with Crippen LogP contribution in [0.1, 0.15) is 25.5 Å². The first-order chi connectivity index (χ1) is 12.7. The van der Waals surface area contributed by atoms with Crippen LogP contribution >= 0.6 is 11.3 Å². The summed E-state index contributed by atoms with van der Waals surface area (Å²) in [4.78, 5) is 17.5. The molecule has 0 aliphatic heterocycles. The van der Waals surface area contributed by atoms with Gasteiger partial charge in [0.2, 0.25) is 4.96 Å². The minimum absolute atomic E-state index is 0.195. The average molecular weight is 367 g/mol. The molecule has 4 aromatic rings. The molecule has 3 heterocycles. The summed E-state index contributed by atoms with van der Waals surface area (Å²) < 4.78 is 12.8. The normalized spacial score (nSPS) is 12.1. The molecule has 0 atom stereocenters. The number of nitrogens with zero attached hydrogens (tertiary/aromatic N) is 3. The molecule has 26 heavy (non-hydrogen) atoms. The SMILES string of the molecule is CCCCOc1ccc(-c2nc3s/c(=C\c4ccco4)c(=O)n3n2)cc1. The predicted octanol–water partition coefficient (Wildman–Crippen LogP) is 3.14. The van der Waals surface area contributed by atoms with Crippen molar-refractivity contribution in [3.63, 3.8) is 0 Å². The lowest BCUT2D eigenvalue weighted by Crippen LogP contribution is -2.23. The predicted molar refractivity (Wildman–Crippen MR) is 100 cm³/mol. The zero-order valence-electron chi connectivity index (χ0n) is 14.2. The van der Waals surface area contributed by atoms with Gasteiger partial charge < -0.3 is 9.15 Å². The second kappa shape index (κ2) is 7.13. The van der Waals surface area contributed by atoms with Gasteiger partial charge in [0.25, 0.3) is 5.56 Å². The van der Waals surface area contributed by atoms with Gasteiger partial charge in [-0.3, -0.25) is 4.79 Å². The Morgan fingerprint density at radius 2 is 2.12 bits per heavy atom. The van der Waals surface area contributed by atoms with Gasteiger partial charge in [0.05, 0.1) is 12.9 Å². The Hall–Kier alpha value is -2.93. The molecule has 0 fully saturated rings. The molecule has 0 unspecified atom stereocenters. The fourth-order valence-electron chi connectivity index (χ4n) is 2.49. The second-order valence-corrected chi connectivity index (χ2v) is 6.80. The number of rotatable bonds is 6. The van der Waals surface area contributed by atoms with Gasteiger partial charge in [-0.1, -0.05) is 24.7 Å². The summed E-state index contributed by atoms with van der Waals surface area (Å²) in [6.45, 7) is 2.84. The van der Waals surface area contributed by atoms with Crippen LogP contribution in [-0.2, 0) is 0 Å². The molecule has 6 nitrogen and oxygen atoms in total. The van der Waals surface area contributed by atoms with E-state index in [1.54, 1.807) is 24.5 Å². The molecule has 1 aromatic carbocycles. The first-order valence-corrected chi connectivity index (χ1v) is 9.24. The van der Waals surface area contributed by atoms with E-state index in [1.165, 1.54) is 15.9 Å². The number of ether oxygens (including phenoxy) is 1. The Kier molecular flexibility index (Phi) is 4.53. The topological polar surface area (TPSA) is 69.6 Å². The minimum atomic E-state index is -0.195. The molecule has 0 saturated heterocycles. The van der Waals surface area contributed by atoms with E-state index in [0.29, 0.717) is 27.7 Å². The number of furan rings is 1. The Bertz CT molecular complexity index is 1110. The van der Waals surface area contributed by atoms with E-state index in [2.05, 4.69) is 17.0 Å². The van der Waals surface area contributed by atoms with Crippen LogP contribution in [0.2, 0.25) is 0 Å². The Labute approximate surface area is 153 Å². The van der Waals surface area contributed by atoms with Crippen molar-refractivity contribution in [2.45, 2.75) is 19.8 Å². The van der Waals surface area contributed by atoms with E-state index in [4.69, 9.17) is 9.15 Å². The van der Waals surface area contributed by atoms with Crippen molar-refractivity contribution < 1.29 is 9.15 Å². The average Bonchev–Trinajstić information content (AvgIpc) is 3.36. The van der Waals surface area contributed by atoms with Gasteiger partial charge in [0, 0.05) is 11.6 Å². The summed E-state index contributed by atoms with van der Waals surface area (Å²) in [6.07, 6.45) is 5.40. The summed E-state index contributed by atoms with van der Waals surface area (Å²) in [5, 5.41) is 4.35. The molecule has 0 aliphatic rings. The van der Waals surface area contributed by atoms with Crippen LogP contribution in [-0.4, -0.2) is 21.2 Å². The lowest BCUT2D eigenvalue weighted by molar-refractivity contribution is 0.309. The maximum Gasteiger partial charge on any atom is 0.291 e. The van der Waals surface area contributed by atoms with E-state index in [0.717, 1.165) is 24.2 Å². The number of benzene rings is 1. The molecule has 0 aliphatic carbocycles. The molecule has 132 valence electrons. The number of unbranched alkanes of at least 4 members (excludes halogenated alkanes) is 1. The maximum absolute atomic E-state index is 12.5. The van der Waals surface area contributed by atoms with E-state index in [-0.39, 0.29) is 5.56 Å². The highest BCUT2D eigenvalue weighted by molar-refractivity contribution is 7.15. The molecule has 0 spiro atoms. The van der Waals surface area contributed by atoms with E-state index in [9.17, 15) is 4.79 Å². The van der Waals surface area contributed by atoms with Gasteiger partial charge in [-0.2, -0.15) is 9.50 Å². The van der Waals surface area contributed by atoms with Crippen LogP contribution in [0.5, 0.6) is 5.75 Å². The van der Waals surface area contributed by atoms with Gasteiger partial charge in [0.1, 0.15) is 16.0 Å². The molecule has 0 amide bonds. The lowest BCUT2D eigenvalue weighted by atomic mass is 10.2. The Balaban J connectivity index is 1.61. The summed E-state index contributed by atoms with van der Waals surface area (Å²) in [6, 6.07) is 11.2. The fraction of sp³-hybridized carbons (Fsp3) is 0.211. The highest BCUT2D eigenvalue weighted by Gasteiger charge is 2.12. The van der Waals surface area contributed by atoms with Crippen molar-refractivity contribution in [2.24, 2.45) is 0 Å². The largest absolute Gasteiger partial charge is 0.494 e. The van der Waals surface area contributed by atoms with Crippen molar-refractivity contribution in [1.29, 1.82) is 0 Å². The molecule has 0 saturated carbocycles. The monoisotopic (exact) mass is 367 g/mol. The smallest absolute Gasteiger partial charge is 0.291 e. The molecule has 7 heteroatoms. The highest BCUT2D eigenvalue weighted by atomic mass is 32.1. The van der Waals surface area contributed by atoms with Crippen LogP contribution in [0, 0.1) is 0 Å². The zero-order chi connectivity index (χ0) is 17.9. The van der Waals surface area contributed by atoms with Gasteiger partial charge in [-0.25, -0.2) is 0 Å².